The van der Waals surface area contributed by atoms with Gasteiger partial charge in [0.15, 0.2) is 0 Å². The predicted octanol–water partition coefficient (Wildman–Crippen LogP) is 2.97. The van der Waals surface area contributed by atoms with Gasteiger partial charge in [0, 0.05) is 26.1 Å². The summed E-state index contributed by atoms with van der Waals surface area (Å²) in [6.07, 6.45) is 7.56. The van der Waals surface area contributed by atoms with Gasteiger partial charge in [0.2, 0.25) is 0 Å². The minimum Gasteiger partial charge on any atom is -0.340 e. The molecule has 0 atom stereocenters. The van der Waals surface area contributed by atoms with Gasteiger partial charge in [-0.3, -0.25) is 4.79 Å². The van der Waals surface area contributed by atoms with Gasteiger partial charge >= 0.3 is 0 Å². The van der Waals surface area contributed by atoms with Crippen LogP contribution in [0.1, 0.15) is 59.8 Å². The quantitative estimate of drug-likeness (QED) is 0.839. The Balaban J connectivity index is 1.60. The molecule has 1 aromatic heterocycles. The van der Waals surface area contributed by atoms with E-state index in [1.807, 2.05) is 17.5 Å². The number of likely N-dealkylation sites (tertiary alicyclic amines) is 1. The zero-order valence-electron chi connectivity index (χ0n) is 12.9. The van der Waals surface area contributed by atoms with Crippen LogP contribution in [0.3, 0.4) is 0 Å². The molecule has 0 aromatic carbocycles. The first-order chi connectivity index (χ1) is 10.3. The van der Waals surface area contributed by atoms with Crippen LogP contribution in [-0.2, 0) is 0 Å². The van der Waals surface area contributed by atoms with Gasteiger partial charge < -0.3 is 9.80 Å². The van der Waals surface area contributed by atoms with E-state index in [2.05, 4.69) is 9.88 Å². The SMILES string of the molecule is CN(CCN1CCCC1)C(=O)c1scnc1C1CCCC1. The Morgan fingerprint density at radius 1 is 1.33 bits per heavy atom. The fourth-order valence-electron chi connectivity index (χ4n) is 3.48. The molecule has 0 N–H and O–H groups in total. The Morgan fingerprint density at radius 3 is 2.76 bits per heavy atom. The first-order valence-corrected chi connectivity index (χ1v) is 9.05. The summed E-state index contributed by atoms with van der Waals surface area (Å²) in [4.78, 5) is 22.4. The molecule has 21 heavy (non-hydrogen) atoms. The number of rotatable bonds is 5. The smallest absolute Gasteiger partial charge is 0.265 e. The third-order valence-corrected chi connectivity index (χ3v) is 5.66. The molecule has 0 bridgehead atoms. The molecule has 0 spiro atoms. The van der Waals surface area contributed by atoms with Crippen molar-refractivity contribution in [3.05, 3.63) is 16.1 Å². The second-order valence-corrected chi connectivity index (χ2v) is 7.18. The number of nitrogens with zero attached hydrogens (tertiary/aromatic N) is 3. The third kappa shape index (κ3) is 3.46. The molecule has 1 aromatic rings. The van der Waals surface area contributed by atoms with E-state index in [-0.39, 0.29) is 5.91 Å². The molecule has 2 heterocycles. The molecule has 1 amide bonds. The molecule has 4 nitrogen and oxygen atoms in total. The lowest BCUT2D eigenvalue weighted by Gasteiger charge is -2.21. The number of thiazole rings is 1. The second kappa shape index (κ2) is 6.88. The van der Waals surface area contributed by atoms with Gasteiger partial charge in [-0.2, -0.15) is 0 Å². The number of aromatic nitrogens is 1. The Bertz CT molecular complexity index is 476. The summed E-state index contributed by atoms with van der Waals surface area (Å²) in [5, 5.41) is 0. The van der Waals surface area contributed by atoms with E-state index in [9.17, 15) is 4.79 Å². The van der Waals surface area contributed by atoms with Gasteiger partial charge in [0.25, 0.3) is 5.91 Å². The highest BCUT2D eigenvalue weighted by Gasteiger charge is 2.27. The lowest BCUT2D eigenvalue weighted by Crippen LogP contribution is -2.35. The van der Waals surface area contributed by atoms with Crippen LogP contribution in [0.25, 0.3) is 0 Å². The van der Waals surface area contributed by atoms with Gasteiger partial charge in [0.1, 0.15) is 4.88 Å². The number of amides is 1. The first-order valence-electron chi connectivity index (χ1n) is 8.17. The number of carbonyl (C=O) groups excluding carboxylic acids is 1. The zero-order valence-corrected chi connectivity index (χ0v) is 13.7. The Hall–Kier alpha value is -0.940. The minimum atomic E-state index is 0.165. The van der Waals surface area contributed by atoms with Gasteiger partial charge in [-0.25, -0.2) is 4.98 Å². The van der Waals surface area contributed by atoms with Gasteiger partial charge in [-0.15, -0.1) is 11.3 Å². The van der Waals surface area contributed by atoms with E-state index < -0.39 is 0 Å². The van der Waals surface area contributed by atoms with Crippen LogP contribution < -0.4 is 0 Å². The molecule has 0 unspecified atom stereocenters. The van der Waals surface area contributed by atoms with Crippen molar-refractivity contribution in [2.75, 3.05) is 33.2 Å². The topological polar surface area (TPSA) is 36.4 Å². The van der Waals surface area contributed by atoms with E-state index in [4.69, 9.17) is 0 Å². The normalized spacial score (nSPS) is 20.2. The fourth-order valence-corrected chi connectivity index (χ4v) is 4.35. The predicted molar refractivity (Wildman–Crippen MR) is 86.0 cm³/mol. The van der Waals surface area contributed by atoms with Gasteiger partial charge in [-0.1, -0.05) is 12.8 Å². The summed E-state index contributed by atoms with van der Waals surface area (Å²) in [5.41, 5.74) is 2.91. The van der Waals surface area contributed by atoms with E-state index in [0.29, 0.717) is 5.92 Å². The van der Waals surface area contributed by atoms with Crippen molar-refractivity contribution < 1.29 is 4.79 Å². The molecule has 1 aliphatic heterocycles. The Labute approximate surface area is 131 Å². The summed E-state index contributed by atoms with van der Waals surface area (Å²) >= 11 is 1.52. The maximum atomic E-state index is 12.7. The molecule has 1 saturated heterocycles. The van der Waals surface area contributed by atoms with E-state index >= 15 is 0 Å². The highest BCUT2D eigenvalue weighted by atomic mass is 32.1. The maximum absolute atomic E-state index is 12.7. The van der Waals surface area contributed by atoms with Crippen molar-refractivity contribution in [3.8, 4) is 0 Å². The first kappa shape index (κ1) is 15.0. The van der Waals surface area contributed by atoms with E-state index in [1.165, 1.54) is 63.0 Å². The van der Waals surface area contributed by atoms with Crippen molar-refractivity contribution in [3.63, 3.8) is 0 Å². The van der Waals surface area contributed by atoms with Crippen molar-refractivity contribution in [1.82, 2.24) is 14.8 Å². The average Bonchev–Trinajstić information content (AvgIpc) is 3.25. The third-order valence-electron chi connectivity index (χ3n) is 4.83. The van der Waals surface area contributed by atoms with Crippen LogP contribution in [0.5, 0.6) is 0 Å². The molecule has 3 rings (SSSR count). The summed E-state index contributed by atoms with van der Waals surface area (Å²) in [6, 6.07) is 0. The lowest BCUT2D eigenvalue weighted by molar-refractivity contribution is 0.0785. The summed E-state index contributed by atoms with van der Waals surface area (Å²) in [5.74, 6) is 0.681. The lowest BCUT2D eigenvalue weighted by atomic mass is 10.0. The van der Waals surface area contributed by atoms with Crippen molar-refractivity contribution in [2.45, 2.75) is 44.4 Å². The van der Waals surface area contributed by atoms with Gasteiger partial charge in [-0.05, 0) is 38.8 Å². The zero-order chi connectivity index (χ0) is 14.7. The molecule has 116 valence electrons. The molecular formula is C16H25N3OS. The highest BCUT2D eigenvalue weighted by molar-refractivity contribution is 7.11. The molecule has 1 saturated carbocycles. The highest BCUT2D eigenvalue weighted by Crippen LogP contribution is 2.36. The van der Waals surface area contributed by atoms with Gasteiger partial charge in [0.05, 0.1) is 11.2 Å². The largest absolute Gasteiger partial charge is 0.340 e. The second-order valence-electron chi connectivity index (χ2n) is 6.32. The monoisotopic (exact) mass is 307 g/mol. The van der Waals surface area contributed by atoms with E-state index in [1.54, 1.807) is 0 Å². The Kier molecular flexibility index (Phi) is 4.91. The summed E-state index contributed by atoms with van der Waals surface area (Å²) in [6.45, 7) is 4.20. The van der Waals surface area contributed by atoms with Crippen molar-refractivity contribution in [1.29, 1.82) is 0 Å². The maximum Gasteiger partial charge on any atom is 0.265 e. The number of carbonyl (C=O) groups is 1. The van der Waals surface area contributed by atoms with Crippen LogP contribution in [-0.4, -0.2) is 53.9 Å². The van der Waals surface area contributed by atoms with Crippen LogP contribution in [0.4, 0.5) is 0 Å². The fraction of sp³-hybridized carbons (Fsp3) is 0.750. The van der Waals surface area contributed by atoms with Crippen LogP contribution >= 0.6 is 11.3 Å². The summed E-state index contributed by atoms with van der Waals surface area (Å²) in [7, 11) is 1.93. The molecular weight excluding hydrogens is 282 g/mol. The van der Waals surface area contributed by atoms with Crippen molar-refractivity contribution >= 4 is 17.2 Å². The molecule has 5 heteroatoms. The molecule has 1 aliphatic carbocycles. The molecule has 0 radical (unpaired) electrons. The summed E-state index contributed by atoms with van der Waals surface area (Å²) < 4.78 is 0. The molecule has 2 fully saturated rings. The van der Waals surface area contributed by atoms with Crippen molar-refractivity contribution in [2.24, 2.45) is 0 Å². The number of hydrogen-bond donors (Lipinski definition) is 0. The van der Waals surface area contributed by atoms with Crippen LogP contribution in [0.2, 0.25) is 0 Å². The van der Waals surface area contributed by atoms with Crippen LogP contribution in [0.15, 0.2) is 5.51 Å². The minimum absolute atomic E-state index is 0.165. The number of hydrogen-bond acceptors (Lipinski definition) is 4. The number of likely N-dealkylation sites (N-methyl/N-ethyl adjacent to an activating group) is 1. The standard InChI is InChI=1S/C16H25N3OS/c1-18(10-11-19-8-4-5-9-19)16(20)15-14(17-12-21-15)13-6-2-3-7-13/h12-13H,2-11H2,1H3. The molecule has 2 aliphatic rings. The average molecular weight is 307 g/mol. The van der Waals surface area contributed by atoms with Crippen LogP contribution in [0, 0.1) is 0 Å². The Morgan fingerprint density at radius 2 is 2.05 bits per heavy atom. The van der Waals surface area contributed by atoms with E-state index in [0.717, 1.165) is 23.7 Å².